The Morgan fingerprint density at radius 1 is 1.38 bits per heavy atom. The molecule has 2 aromatic rings. The van der Waals surface area contributed by atoms with Crippen molar-refractivity contribution in [2.75, 3.05) is 0 Å². The number of aryl methyl sites for hydroxylation is 1. The molecule has 82 valence electrons. The van der Waals surface area contributed by atoms with E-state index in [4.69, 9.17) is 4.42 Å². The second-order valence-corrected chi connectivity index (χ2v) is 3.76. The van der Waals surface area contributed by atoms with Gasteiger partial charge in [0.2, 0.25) is 0 Å². The minimum atomic E-state index is 0.739. The van der Waals surface area contributed by atoms with Gasteiger partial charge < -0.3 is 4.42 Å². The number of carbonyl (C=O) groups excluding carboxylic acids is 1. The van der Waals surface area contributed by atoms with Gasteiger partial charge in [-0.15, -0.1) is 0 Å². The Kier molecular flexibility index (Phi) is 2.91. The second kappa shape index (κ2) is 4.35. The number of carbonyl (C=O) groups is 1. The van der Waals surface area contributed by atoms with Crippen molar-refractivity contribution in [2.24, 2.45) is 0 Å². The van der Waals surface area contributed by atoms with Crippen molar-refractivity contribution >= 4 is 23.3 Å². The average molecular weight is 214 g/mol. The van der Waals surface area contributed by atoms with Gasteiger partial charge in [0.25, 0.3) is 0 Å². The summed E-state index contributed by atoms with van der Waals surface area (Å²) in [6, 6.07) is 7.86. The first kappa shape index (κ1) is 10.7. The highest BCUT2D eigenvalue weighted by Gasteiger charge is 2.08. The van der Waals surface area contributed by atoms with Gasteiger partial charge in [0.1, 0.15) is 17.6 Å². The summed E-state index contributed by atoms with van der Waals surface area (Å²) in [5.41, 5.74) is 2.67. The van der Waals surface area contributed by atoms with Crippen molar-refractivity contribution < 1.29 is 9.21 Å². The smallest absolute Gasteiger partial charge is 0.146 e. The van der Waals surface area contributed by atoms with E-state index in [0.29, 0.717) is 0 Å². The van der Waals surface area contributed by atoms with Crippen LogP contribution in [-0.2, 0) is 4.79 Å². The van der Waals surface area contributed by atoms with Gasteiger partial charge in [-0.1, -0.05) is 25.1 Å². The molecule has 0 aliphatic rings. The van der Waals surface area contributed by atoms with E-state index in [1.807, 2.05) is 44.2 Å². The van der Waals surface area contributed by atoms with Gasteiger partial charge in [-0.25, -0.2) is 0 Å². The molecule has 0 atom stereocenters. The van der Waals surface area contributed by atoms with Crippen LogP contribution in [0.5, 0.6) is 0 Å². The Bertz CT molecular complexity index is 547. The monoisotopic (exact) mass is 214 g/mol. The lowest BCUT2D eigenvalue weighted by atomic mass is 10.1. The van der Waals surface area contributed by atoms with Crippen LogP contribution in [0.2, 0.25) is 0 Å². The molecule has 0 aliphatic heterocycles. The fraction of sp³-hybridized carbons (Fsp3) is 0.214. The van der Waals surface area contributed by atoms with E-state index in [0.717, 1.165) is 40.6 Å². The van der Waals surface area contributed by atoms with Crippen LogP contribution in [-0.4, -0.2) is 6.29 Å². The minimum absolute atomic E-state index is 0.739. The molecule has 0 spiro atoms. The Balaban J connectivity index is 2.63. The lowest BCUT2D eigenvalue weighted by Crippen LogP contribution is -1.82. The quantitative estimate of drug-likeness (QED) is 0.575. The Morgan fingerprint density at radius 3 is 2.81 bits per heavy atom. The van der Waals surface area contributed by atoms with Gasteiger partial charge in [-0.05, 0) is 31.1 Å². The standard InChI is InChI=1S/C14H14O2/c1-3-11(9-15)8-13-10(2)16-14-7-5-4-6-12(13)14/h4-9H,3H2,1-2H3/b11-8-. The third-order valence-corrected chi connectivity index (χ3v) is 2.71. The van der Waals surface area contributed by atoms with Gasteiger partial charge in [-0.2, -0.15) is 0 Å². The summed E-state index contributed by atoms with van der Waals surface area (Å²) in [5, 5.41) is 1.06. The number of aldehydes is 1. The third kappa shape index (κ3) is 1.78. The van der Waals surface area contributed by atoms with Crippen LogP contribution in [0.4, 0.5) is 0 Å². The van der Waals surface area contributed by atoms with E-state index in [-0.39, 0.29) is 0 Å². The molecule has 2 rings (SSSR count). The molecule has 0 aliphatic carbocycles. The normalized spacial score (nSPS) is 12.0. The highest BCUT2D eigenvalue weighted by atomic mass is 16.3. The number of fused-ring (bicyclic) bond motifs is 1. The minimum Gasteiger partial charge on any atom is -0.461 e. The molecule has 16 heavy (non-hydrogen) atoms. The van der Waals surface area contributed by atoms with Crippen LogP contribution in [0.25, 0.3) is 17.0 Å². The molecule has 1 heterocycles. The molecule has 0 unspecified atom stereocenters. The van der Waals surface area contributed by atoms with Crippen LogP contribution in [0.1, 0.15) is 24.7 Å². The summed E-state index contributed by atoms with van der Waals surface area (Å²) in [6.45, 7) is 3.89. The van der Waals surface area contributed by atoms with Gasteiger partial charge in [0, 0.05) is 10.9 Å². The van der Waals surface area contributed by atoms with Gasteiger partial charge >= 0.3 is 0 Å². The average Bonchev–Trinajstić information content (AvgIpc) is 2.62. The van der Waals surface area contributed by atoms with E-state index in [2.05, 4.69) is 0 Å². The maximum atomic E-state index is 10.8. The molecule has 0 N–H and O–H groups in total. The summed E-state index contributed by atoms with van der Waals surface area (Å²) in [6.07, 6.45) is 3.55. The predicted molar refractivity (Wildman–Crippen MR) is 65.3 cm³/mol. The predicted octanol–water partition coefficient (Wildman–Crippen LogP) is 3.73. The number of hydrogen-bond donors (Lipinski definition) is 0. The van der Waals surface area contributed by atoms with E-state index >= 15 is 0 Å². The number of hydrogen-bond acceptors (Lipinski definition) is 2. The highest BCUT2D eigenvalue weighted by Crippen LogP contribution is 2.27. The summed E-state index contributed by atoms with van der Waals surface area (Å²) in [5.74, 6) is 0.856. The van der Waals surface area contributed by atoms with E-state index in [1.54, 1.807) is 0 Å². The molecule has 0 amide bonds. The largest absolute Gasteiger partial charge is 0.461 e. The van der Waals surface area contributed by atoms with Crippen LogP contribution in [0.15, 0.2) is 34.3 Å². The first-order chi connectivity index (χ1) is 7.76. The molecule has 2 nitrogen and oxygen atoms in total. The number of rotatable bonds is 3. The molecule has 0 radical (unpaired) electrons. The maximum Gasteiger partial charge on any atom is 0.146 e. The van der Waals surface area contributed by atoms with Crippen molar-refractivity contribution in [3.8, 4) is 0 Å². The molecule has 2 heteroatoms. The van der Waals surface area contributed by atoms with Crippen LogP contribution < -0.4 is 0 Å². The number of allylic oxidation sites excluding steroid dienone is 1. The molecule has 0 fully saturated rings. The molecule has 0 saturated carbocycles. The highest BCUT2D eigenvalue weighted by molar-refractivity contribution is 5.92. The lowest BCUT2D eigenvalue weighted by molar-refractivity contribution is -0.104. The number of furan rings is 1. The first-order valence-corrected chi connectivity index (χ1v) is 5.40. The van der Waals surface area contributed by atoms with Crippen LogP contribution in [0.3, 0.4) is 0 Å². The fourth-order valence-corrected chi connectivity index (χ4v) is 1.77. The molecule has 0 bridgehead atoms. The van der Waals surface area contributed by atoms with Crippen molar-refractivity contribution in [1.82, 2.24) is 0 Å². The van der Waals surface area contributed by atoms with E-state index in [9.17, 15) is 4.79 Å². The summed E-state index contributed by atoms with van der Waals surface area (Å²) in [7, 11) is 0. The molecule has 1 aromatic heterocycles. The van der Waals surface area contributed by atoms with Crippen LogP contribution in [0, 0.1) is 6.92 Å². The van der Waals surface area contributed by atoms with Crippen LogP contribution >= 0.6 is 0 Å². The summed E-state index contributed by atoms with van der Waals surface area (Å²) < 4.78 is 5.63. The fourth-order valence-electron chi connectivity index (χ4n) is 1.77. The molecular weight excluding hydrogens is 200 g/mol. The van der Waals surface area contributed by atoms with E-state index < -0.39 is 0 Å². The zero-order valence-corrected chi connectivity index (χ0v) is 9.49. The lowest BCUT2D eigenvalue weighted by Gasteiger charge is -1.94. The molecule has 0 saturated heterocycles. The van der Waals surface area contributed by atoms with E-state index in [1.165, 1.54) is 0 Å². The van der Waals surface area contributed by atoms with Crippen molar-refractivity contribution in [2.45, 2.75) is 20.3 Å². The number of benzene rings is 1. The second-order valence-electron chi connectivity index (χ2n) is 3.76. The first-order valence-electron chi connectivity index (χ1n) is 5.40. The summed E-state index contributed by atoms with van der Waals surface area (Å²) >= 11 is 0. The van der Waals surface area contributed by atoms with Crippen molar-refractivity contribution in [3.63, 3.8) is 0 Å². The third-order valence-electron chi connectivity index (χ3n) is 2.71. The molecular formula is C14H14O2. The number of para-hydroxylation sites is 1. The zero-order valence-electron chi connectivity index (χ0n) is 9.49. The van der Waals surface area contributed by atoms with Crippen molar-refractivity contribution in [3.05, 3.63) is 41.2 Å². The Hall–Kier alpha value is -1.83. The van der Waals surface area contributed by atoms with Gasteiger partial charge in [-0.3, -0.25) is 4.79 Å². The maximum absolute atomic E-state index is 10.8. The van der Waals surface area contributed by atoms with Gasteiger partial charge in [0.05, 0.1) is 0 Å². The van der Waals surface area contributed by atoms with Crippen molar-refractivity contribution in [1.29, 1.82) is 0 Å². The Labute approximate surface area is 94.6 Å². The zero-order chi connectivity index (χ0) is 11.5. The Morgan fingerprint density at radius 2 is 2.12 bits per heavy atom. The van der Waals surface area contributed by atoms with Gasteiger partial charge in [0.15, 0.2) is 0 Å². The molecule has 1 aromatic carbocycles. The SMILES string of the molecule is CC/C(C=O)=C/c1c(C)oc2ccccc12. The summed E-state index contributed by atoms with van der Waals surface area (Å²) in [4.78, 5) is 10.8. The topological polar surface area (TPSA) is 30.2 Å².